The average Bonchev–Trinajstić information content (AvgIpc) is 2.38. The first-order valence-corrected chi connectivity index (χ1v) is 6.24. The number of aromatic nitrogens is 1. The van der Waals surface area contributed by atoms with Crippen LogP contribution in [-0.2, 0) is 0 Å². The van der Waals surface area contributed by atoms with Crippen molar-refractivity contribution in [3.05, 3.63) is 22.2 Å². The van der Waals surface area contributed by atoms with E-state index >= 15 is 0 Å². The van der Waals surface area contributed by atoms with E-state index in [0.29, 0.717) is 5.88 Å². The number of pyridine rings is 1. The molecule has 19 heavy (non-hydrogen) atoms. The fourth-order valence-corrected chi connectivity index (χ4v) is 2.28. The molecule has 0 saturated carbocycles. The number of ether oxygens (including phenoxy) is 1. The number of nitro groups is 1. The van der Waals surface area contributed by atoms with Gasteiger partial charge in [0.15, 0.2) is 0 Å². The number of hydrogen-bond donors (Lipinski definition) is 1. The van der Waals surface area contributed by atoms with Crippen LogP contribution in [0.4, 0.5) is 11.5 Å². The van der Waals surface area contributed by atoms with Gasteiger partial charge < -0.3 is 15.0 Å². The molecular formula is C12H18N4O3. The molecule has 1 saturated heterocycles. The molecule has 0 amide bonds. The van der Waals surface area contributed by atoms with Crippen LogP contribution in [0, 0.1) is 10.1 Å². The van der Waals surface area contributed by atoms with Crippen molar-refractivity contribution in [2.24, 2.45) is 0 Å². The molecule has 1 aliphatic rings. The predicted molar refractivity (Wildman–Crippen MR) is 71.6 cm³/mol. The minimum absolute atomic E-state index is 0.0194. The molecule has 0 aromatic carbocycles. The van der Waals surface area contributed by atoms with Crippen LogP contribution in [0.2, 0.25) is 0 Å². The summed E-state index contributed by atoms with van der Waals surface area (Å²) < 4.78 is 5.02. The molecule has 0 bridgehead atoms. The predicted octanol–water partition coefficient (Wildman–Crippen LogP) is 1.50. The molecule has 7 heteroatoms. The maximum Gasteiger partial charge on any atom is 0.311 e. The Labute approximate surface area is 111 Å². The summed E-state index contributed by atoms with van der Waals surface area (Å²) in [5, 5.41) is 14.2. The lowest BCUT2D eigenvalue weighted by Gasteiger charge is -2.30. The van der Waals surface area contributed by atoms with Gasteiger partial charge in [-0.25, -0.2) is 0 Å². The molecule has 2 rings (SSSR count). The molecule has 0 radical (unpaired) electrons. The normalized spacial score (nSPS) is 20.0. The van der Waals surface area contributed by atoms with Gasteiger partial charge in [-0.05, 0) is 26.4 Å². The number of nitrogens with one attached hydrogen (secondary N) is 1. The van der Waals surface area contributed by atoms with Gasteiger partial charge in [-0.1, -0.05) is 0 Å². The van der Waals surface area contributed by atoms with E-state index in [-0.39, 0.29) is 17.5 Å². The van der Waals surface area contributed by atoms with Gasteiger partial charge in [0.05, 0.1) is 12.0 Å². The summed E-state index contributed by atoms with van der Waals surface area (Å²) in [6.45, 7) is 1.92. The van der Waals surface area contributed by atoms with Crippen molar-refractivity contribution in [3.63, 3.8) is 0 Å². The molecule has 1 aromatic heterocycles. The zero-order valence-corrected chi connectivity index (χ0v) is 11.1. The molecule has 0 aliphatic carbocycles. The van der Waals surface area contributed by atoms with Gasteiger partial charge in [-0.3, -0.25) is 10.1 Å². The van der Waals surface area contributed by atoms with Crippen molar-refractivity contribution >= 4 is 11.5 Å². The van der Waals surface area contributed by atoms with Crippen LogP contribution in [0.5, 0.6) is 5.88 Å². The Hall–Kier alpha value is -1.89. The second kappa shape index (κ2) is 5.83. The highest BCUT2D eigenvalue weighted by molar-refractivity contribution is 5.57. The van der Waals surface area contributed by atoms with Gasteiger partial charge >= 0.3 is 5.69 Å². The zero-order valence-electron chi connectivity index (χ0n) is 11.1. The molecule has 1 aromatic rings. The van der Waals surface area contributed by atoms with Crippen molar-refractivity contribution in [1.82, 2.24) is 9.88 Å². The van der Waals surface area contributed by atoms with Crippen LogP contribution < -0.4 is 10.1 Å². The van der Waals surface area contributed by atoms with E-state index in [1.807, 2.05) is 7.05 Å². The monoisotopic (exact) mass is 266 g/mol. The third-order valence-corrected chi connectivity index (χ3v) is 3.22. The van der Waals surface area contributed by atoms with Crippen molar-refractivity contribution in [3.8, 4) is 5.88 Å². The smallest absolute Gasteiger partial charge is 0.311 e. The number of methoxy groups -OCH3 is 1. The third kappa shape index (κ3) is 3.31. The molecule has 7 nitrogen and oxygen atoms in total. The molecule has 1 atom stereocenters. The Morgan fingerprint density at radius 3 is 3.00 bits per heavy atom. The zero-order chi connectivity index (χ0) is 13.8. The summed E-state index contributed by atoms with van der Waals surface area (Å²) in [6, 6.07) is 3.09. The molecule has 1 N–H and O–H groups in total. The second-order valence-electron chi connectivity index (χ2n) is 4.72. The quantitative estimate of drug-likeness (QED) is 0.657. The van der Waals surface area contributed by atoms with E-state index in [9.17, 15) is 10.1 Å². The first-order chi connectivity index (χ1) is 9.10. The lowest BCUT2D eigenvalue weighted by Crippen LogP contribution is -2.40. The van der Waals surface area contributed by atoms with E-state index in [4.69, 9.17) is 4.74 Å². The standard InChI is InChI=1S/C12H18N4O3/c1-15-7-3-4-9(8-15)13-12-10(16(17)18)5-6-11(14-12)19-2/h5-6,9H,3-4,7-8H2,1-2H3,(H,13,14). The van der Waals surface area contributed by atoms with E-state index in [2.05, 4.69) is 15.2 Å². The minimum atomic E-state index is -0.429. The van der Waals surface area contributed by atoms with Gasteiger partial charge in [0, 0.05) is 24.7 Å². The van der Waals surface area contributed by atoms with Crippen LogP contribution in [-0.4, -0.2) is 48.1 Å². The molecule has 0 spiro atoms. The number of anilines is 1. The third-order valence-electron chi connectivity index (χ3n) is 3.22. The van der Waals surface area contributed by atoms with Gasteiger partial charge in [0.25, 0.3) is 0 Å². The highest BCUT2D eigenvalue weighted by atomic mass is 16.6. The highest BCUT2D eigenvalue weighted by Crippen LogP contribution is 2.26. The number of nitrogens with zero attached hydrogens (tertiary/aromatic N) is 3. The number of rotatable bonds is 4. The topological polar surface area (TPSA) is 80.5 Å². The molecule has 1 unspecified atom stereocenters. The lowest BCUT2D eigenvalue weighted by atomic mass is 10.1. The number of hydrogen-bond acceptors (Lipinski definition) is 6. The Kier molecular flexibility index (Phi) is 4.16. The average molecular weight is 266 g/mol. The first kappa shape index (κ1) is 13.5. The van der Waals surface area contributed by atoms with E-state index in [0.717, 1.165) is 25.9 Å². The highest BCUT2D eigenvalue weighted by Gasteiger charge is 2.22. The van der Waals surface area contributed by atoms with Crippen LogP contribution in [0.15, 0.2) is 12.1 Å². The summed E-state index contributed by atoms with van der Waals surface area (Å²) in [6.07, 6.45) is 2.06. The summed E-state index contributed by atoms with van der Waals surface area (Å²) in [5.74, 6) is 0.655. The van der Waals surface area contributed by atoms with Crippen molar-refractivity contribution in [1.29, 1.82) is 0 Å². The number of likely N-dealkylation sites (N-methyl/N-ethyl adjacent to an activating group) is 1. The largest absolute Gasteiger partial charge is 0.481 e. The van der Waals surface area contributed by atoms with Gasteiger partial charge in [-0.2, -0.15) is 4.98 Å². The second-order valence-corrected chi connectivity index (χ2v) is 4.72. The van der Waals surface area contributed by atoms with E-state index in [1.165, 1.54) is 19.2 Å². The molecule has 1 aliphatic heterocycles. The Morgan fingerprint density at radius 1 is 1.58 bits per heavy atom. The molecule has 1 fully saturated rings. The summed E-state index contributed by atoms with van der Waals surface area (Å²) in [5.41, 5.74) is -0.0194. The first-order valence-electron chi connectivity index (χ1n) is 6.24. The van der Waals surface area contributed by atoms with E-state index < -0.39 is 4.92 Å². The van der Waals surface area contributed by atoms with E-state index in [1.54, 1.807) is 0 Å². The van der Waals surface area contributed by atoms with Crippen LogP contribution in [0.3, 0.4) is 0 Å². The van der Waals surface area contributed by atoms with Crippen molar-refractivity contribution in [2.45, 2.75) is 18.9 Å². The molecule has 104 valence electrons. The van der Waals surface area contributed by atoms with Crippen molar-refractivity contribution in [2.75, 3.05) is 32.6 Å². The minimum Gasteiger partial charge on any atom is -0.481 e. The Balaban J connectivity index is 2.19. The van der Waals surface area contributed by atoms with Crippen LogP contribution >= 0.6 is 0 Å². The Bertz CT molecular complexity index is 466. The summed E-state index contributed by atoms with van der Waals surface area (Å²) in [4.78, 5) is 16.9. The van der Waals surface area contributed by atoms with Crippen LogP contribution in [0.25, 0.3) is 0 Å². The molecule has 2 heterocycles. The van der Waals surface area contributed by atoms with Crippen molar-refractivity contribution < 1.29 is 9.66 Å². The summed E-state index contributed by atoms with van der Waals surface area (Å²) in [7, 11) is 3.54. The fraction of sp³-hybridized carbons (Fsp3) is 0.583. The van der Waals surface area contributed by atoms with Gasteiger partial charge in [-0.15, -0.1) is 0 Å². The van der Waals surface area contributed by atoms with Gasteiger partial charge in [0.1, 0.15) is 0 Å². The summed E-state index contributed by atoms with van der Waals surface area (Å²) >= 11 is 0. The lowest BCUT2D eigenvalue weighted by molar-refractivity contribution is -0.384. The number of piperidine rings is 1. The fourth-order valence-electron chi connectivity index (χ4n) is 2.28. The Morgan fingerprint density at radius 2 is 2.37 bits per heavy atom. The van der Waals surface area contributed by atoms with Crippen LogP contribution in [0.1, 0.15) is 12.8 Å². The SMILES string of the molecule is COc1ccc([N+](=O)[O-])c(NC2CCCN(C)C2)n1. The maximum absolute atomic E-state index is 11.0. The maximum atomic E-state index is 11.0. The molecular weight excluding hydrogens is 248 g/mol. The number of likely N-dealkylation sites (tertiary alicyclic amines) is 1. The van der Waals surface area contributed by atoms with Gasteiger partial charge in [0.2, 0.25) is 11.7 Å².